The van der Waals surface area contributed by atoms with Crippen molar-refractivity contribution in [1.82, 2.24) is 0 Å². The number of hydrogen-bond acceptors (Lipinski definition) is 2. The molecule has 0 aliphatic carbocycles. The standard InChI is InChI=1S/C13H14OS/c1-7-5-12-8(2)10(4)15-13(12)6-11(7)9(3)14/h5-6H,1-4H3. The fourth-order valence-corrected chi connectivity index (χ4v) is 2.97. The van der Waals surface area contributed by atoms with Crippen LogP contribution in [0.15, 0.2) is 12.1 Å². The van der Waals surface area contributed by atoms with Gasteiger partial charge in [-0.2, -0.15) is 0 Å². The number of benzene rings is 1. The van der Waals surface area contributed by atoms with Crippen LogP contribution in [-0.4, -0.2) is 5.78 Å². The fourth-order valence-electron chi connectivity index (χ4n) is 1.88. The van der Waals surface area contributed by atoms with E-state index in [9.17, 15) is 4.79 Å². The van der Waals surface area contributed by atoms with Gasteiger partial charge in [-0.3, -0.25) is 4.79 Å². The monoisotopic (exact) mass is 218 g/mol. The lowest BCUT2D eigenvalue weighted by atomic mass is 10.0. The van der Waals surface area contributed by atoms with Gasteiger partial charge in [0, 0.05) is 15.1 Å². The lowest BCUT2D eigenvalue weighted by Gasteiger charge is -2.02. The van der Waals surface area contributed by atoms with Crippen molar-refractivity contribution in [2.75, 3.05) is 0 Å². The quantitative estimate of drug-likeness (QED) is 0.660. The molecular weight excluding hydrogens is 204 g/mol. The topological polar surface area (TPSA) is 17.1 Å². The summed E-state index contributed by atoms with van der Waals surface area (Å²) >= 11 is 1.77. The van der Waals surface area contributed by atoms with Crippen LogP contribution in [0.3, 0.4) is 0 Å². The van der Waals surface area contributed by atoms with E-state index in [1.807, 2.05) is 13.0 Å². The van der Waals surface area contributed by atoms with Crippen LogP contribution in [0.2, 0.25) is 0 Å². The Morgan fingerprint density at radius 2 is 1.87 bits per heavy atom. The van der Waals surface area contributed by atoms with Crippen molar-refractivity contribution in [2.24, 2.45) is 0 Å². The number of Topliss-reactive ketones (excluding diaryl/α,β-unsaturated/α-hetero) is 1. The summed E-state index contributed by atoms with van der Waals surface area (Å²) in [5.74, 6) is 0.151. The number of hydrogen-bond donors (Lipinski definition) is 0. The van der Waals surface area contributed by atoms with Gasteiger partial charge in [0.15, 0.2) is 5.78 Å². The van der Waals surface area contributed by atoms with Crippen molar-refractivity contribution in [1.29, 1.82) is 0 Å². The van der Waals surface area contributed by atoms with Gasteiger partial charge in [-0.15, -0.1) is 11.3 Å². The second kappa shape index (κ2) is 3.46. The van der Waals surface area contributed by atoms with Gasteiger partial charge in [0.25, 0.3) is 0 Å². The molecule has 0 aliphatic rings. The molecule has 1 heterocycles. The first-order valence-corrected chi connectivity index (χ1v) is 5.83. The number of carbonyl (C=O) groups is 1. The van der Waals surface area contributed by atoms with Gasteiger partial charge in [0.05, 0.1) is 0 Å². The summed E-state index contributed by atoms with van der Waals surface area (Å²) in [6.07, 6.45) is 0. The molecule has 78 valence electrons. The van der Waals surface area contributed by atoms with Crippen LogP contribution in [0, 0.1) is 20.8 Å². The first-order chi connectivity index (χ1) is 7.00. The summed E-state index contributed by atoms with van der Waals surface area (Å²) in [6, 6.07) is 4.16. The Bertz CT molecular complexity index is 549. The predicted molar refractivity (Wildman–Crippen MR) is 66.0 cm³/mol. The Morgan fingerprint density at radius 3 is 2.47 bits per heavy atom. The molecule has 15 heavy (non-hydrogen) atoms. The van der Waals surface area contributed by atoms with Crippen LogP contribution in [0.1, 0.15) is 33.3 Å². The molecule has 2 heteroatoms. The largest absolute Gasteiger partial charge is 0.295 e. The summed E-state index contributed by atoms with van der Waals surface area (Å²) in [6.45, 7) is 7.90. The molecule has 0 fully saturated rings. The van der Waals surface area contributed by atoms with Gasteiger partial charge in [-0.05, 0) is 56.3 Å². The van der Waals surface area contributed by atoms with E-state index in [0.717, 1.165) is 11.1 Å². The molecule has 0 radical (unpaired) electrons. The van der Waals surface area contributed by atoms with Crippen LogP contribution < -0.4 is 0 Å². The third kappa shape index (κ3) is 1.59. The summed E-state index contributed by atoms with van der Waals surface area (Å²) in [5.41, 5.74) is 3.27. The zero-order chi connectivity index (χ0) is 11.2. The molecule has 0 atom stereocenters. The maximum absolute atomic E-state index is 11.4. The molecule has 2 rings (SSSR count). The molecule has 1 aromatic heterocycles. The summed E-state index contributed by atoms with van der Waals surface area (Å²) in [7, 11) is 0. The van der Waals surface area contributed by atoms with Crippen molar-refractivity contribution < 1.29 is 4.79 Å². The van der Waals surface area contributed by atoms with Gasteiger partial charge < -0.3 is 0 Å². The number of ketones is 1. The van der Waals surface area contributed by atoms with Crippen molar-refractivity contribution in [3.8, 4) is 0 Å². The maximum Gasteiger partial charge on any atom is 0.160 e. The van der Waals surface area contributed by atoms with Crippen LogP contribution in [0.5, 0.6) is 0 Å². The molecule has 1 aromatic carbocycles. The van der Waals surface area contributed by atoms with Crippen molar-refractivity contribution >= 4 is 27.2 Å². The van der Waals surface area contributed by atoms with Crippen molar-refractivity contribution in [3.05, 3.63) is 33.7 Å². The van der Waals surface area contributed by atoms with E-state index in [0.29, 0.717) is 0 Å². The van der Waals surface area contributed by atoms with Gasteiger partial charge in [-0.25, -0.2) is 0 Å². The van der Waals surface area contributed by atoms with E-state index in [2.05, 4.69) is 19.9 Å². The minimum absolute atomic E-state index is 0.151. The molecule has 0 spiro atoms. The molecule has 1 nitrogen and oxygen atoms in total. The Kier molecular flexibility index (Phi) is 2.39. The highest BCUT2D eigenvalue weighted by molar-refractivity contribution is 7.19. The SMILES string of the molecule is CC(=O)c1cc2sc(C)c(C)c2cc1C. The number of thiophene rings is 1. The number of fused-ring (bicyclic) bond motifs is 1. The molecule has 0 amide bonds. The molecular formula is C13H14OS. The lowest BCUT2D eigenvalue weighted by Crippen LogP contribution is -1.95. The Balaban J connectivity index is 2.82. The highest BCUT2D eigenvalue weighted by Gasteiger charge is 2.10. The van der Waals surface area contributed by atoms with Crippen LogP contribution in [0.4, 0.5) is 0 Å². The predicted octanol–water partition coefficient (Wildman–Crippen LogP) is 4.03. The summed E-state index contributed by atoms with van der Waals surface area (Å²) in [5, 5.41) is 1.29. The Labute approximate surface area is 93.7 Å². The zero-order valence-electron chi connectivity index (χ0n) is 9.47. The van der Waals surface area contributed by atoms with E-state index in [-0.39, 0.29) is 5.78 Å². The Morgan fingerprint density at radius 1 is 1.20 bits per heavy atom. The number of carbonyl (C=O) groups excluding carboxylic acids is 1. The molecule has 0 unspecified atom stereocenters. The van der Waals surface area contributed by atoms with E-state index in [1.54, 1.807) is 18.3 Å². The number of rotatable bonds is 1. The molecule has 0 bridgehead atoms. The van der Waals surface area contributed by atoms with Crippen LogP contribution in [-0.2, 0) is 0 Å². The maximum atomic E-state index is 11.4. The highest BCUT2D eigenvalue weighted by atomic mass is 32.1. The number of aryl methyl sites for hydroxylation is 3. The fraction of sp³-hybridized carbons (Fsp3) is 0.308. The molecule has 0 saturated heterocycles. The first kappa shape index (κ1) is 10.4. The van der Waals surface area contributed by atoms with E-state index < -0.39 is 0 Å². The third-order valence-corrected chi connectivity index (χ3v) is 4.07. The highest BCUT2D eigenvalue weighted by Crippen LogP contribution is 2.32. The normalized spacial score (nSPS) is 10.9. The van der Waals surface area contributed by atoms with Gasteiger partial charge in [0.2, 0.25) is 0 Å². The van der Waals surface area contributed by atoms with Crippen LogP contribution in [0.25, 0.3) is 10.1 Å². The van der Waals surface area contributed by atoms with Gasteiger partial charge >= 0.3 is 0 Å². The minimum atomic E-state index is 0.151. The second-order valence-electron chi connectivity index (χ2n) is 4.00. The zero-order valence-corrected chi connectivity index (χ0v) is 10.3. The average molecular weight is 218 g/mol. The summed E-state index contributed by atoms with van der Waals surface area (Å²) in [4.78, 5) is 12.7. The van der Waals surface area contributed by atoms with Gasteiger partial charge in [-0.1, -0.05) is 0 Å². The minimum Gasteiger partial charge on any atom is -0.295 e. The van der Waals surface area contributed by atoms with E-state index in [4.69, 9.17) is 0 Å². The smallest absolute Gasteiger partial charge is 0.160 e. The van der Waals surface area contributed by atoms with E-state index >= 15 is 0 Å². The first-order valence-electron chi connectivity index (χ1n) is 5.02. The van der Waals surface area contributed by atoms with Gasteiger partial charge in [0.1, 0.15) is 0 Å². The molecule has 2 aromatic rings. The second-order valence-corrected chi connectivity index (χ2v) is 5.26. The third-order valence-electron chi connectivity index (χ3n) is 2.90. The average Bonchev–Trinajstić information content (AvgIpc) is 2.43. The molecule has 0 N–H and O–H groups in total. The van der Waals surface area contributed by atoms with Crippen molar-refractivity contribution in [3.63, 3.8) is 0 Å². The van der Waals surface area contributed by atoms with E-state index in [1.165, 1.54) is 20.5 Å². The summed E-state index contributed by atoms with van der Waals surface area (Å²) < 4.78 is 1.22. The Hall–Kier alpha value is -1.15. The van der Waals surface area contributed by atoms with Crippen molar-refractivity contribution in [2.45, 2.75) is 27.7 Å². The molecule has 0 aliphatic heterocycles. The van der Waals surface area contributed by atoms with Crippen LogP contribution >= 0.6 is 11.3 Å². The molecule has 0 saturated carbocycles. The lowest BCUT2D eigenvalue weighted by molar-refractivity contribution is 0.101.